The molecule has 1 heterocycles. The number of hydrogen-bond donors (Lipinski definition) is 2. The van der Waals surface area contributed by atoms with Crippen molar-refractivity contribution >= 4 is 11.6 Å². The molecule has 106 valence electrons. The Labute approximate surface area is 116 Å². The summed E-state index contributed by atoms with van der Waals surface area (Å²) < 4.78 is 0. The van der Waals surface area contributed by atoms with E-state index in [2.05, 4.69) is 34.4 Å². The standard InChI is InChI=1S/C15H26N4/c1-3-9-17-14-10-16-11-15(19-14)18-13-7-5-12(4-2)6-8-13/h10-13H,3-9H2,1-2H3,(H2,17,18,19). The minimum atomic E-state index is 0.568. The third kappa shape index (κ3) is 4.37. The van der Waals surface area contributed by atoms with Crippen molar-refractivity contribution in [3.05, 3.63) is 12.4 Å². The van der Waals surface area contributed by atoms with Crippen LogP contribution in [-0.2, 0) is 0 Å². The largest absolute Gasteiger partial charge is 0.369 e. The van der Waals surface area contributed by atoms with Gasteiger partial charge >= 0.3 is 0 Å². The van der Waals surface area contributed by atoms with Gasteiger partial charge in [-0.05, 0) is 38.0 Å². The van der Waals surface area contributed by atoms with Crippen molar-refractivity contribution in [1.29, 1.82) is 0 Å². The van der Waals surface area contributed by atoms with E-state index < -0.39 is 0 Å². The zero-order chi connectivity index (χ0) is 13.5. The number of rotatable bonds is 6. The van der Waals surface area contributed by atoms with Crippen molar-refractivity contribution in [2.45, 2.75) is 58.4 Å². The first-order valence-electron chi connectivity index (χ1n) is 7.64. The van der Waals surface area contributed by atoms with E-state index in [-0.39, 0.29) is 0 Å². The van der Waals surface area contributed by atoms with Crippen LogP contribution in [0.15, 0.2) is 12.4 Å². The average Bonchev–Trinajstić information content (AvgIpc) is 2.46. The normalized spacial score (nSPS) is 23.1. The molecule has 1 fully saturated rings. The number of aromatic nitrogens is 2. The predicted molar refractivity (Wildman–Crippen MR) is 80.5 cm³/mol. The molecule has 0 aliphatic heterocycles. The van der Waals surface area contributed by atoms with E-state index in [9.17, 15) is 0 Å². The summed E-state index contributed by atoms with van der Waals surface area (Å²) in [6.07, 6.45) is 11.2. The van der Waals surface area contributed by atoms with Crippen LogP contribution in [0.5, 0.6) is 0 Å². The highest BCUT2D eigenvalue weighted by atomic mass is 15.1. The fourth-order valence-electron chi connectivity index (χ4n) is 2.70. The van der Waals surface area contributed by atoms with E-state index in [0.29, 0.717) is 6.04 Å². The second-order valence-corrected chi connectivity index (χ2v) is 5.49. The van der Waals surface area contributed by atoms with Crippen molar-refractivity contribution in [3.63, 3.8) is 0 Å². The molecule has 4 nitrogen and oxygen atoms in total. The Balaban J connectivity index is 1.85. The van der Waals surface area contributed by atoms with Gasteiger partial charge in [-0.15, -0.1) is 0 Å². The first kappa shape index (κ1) is 14.1. The molecular weight excluding hydrogens is 236 g/mol. The van der Waals surface area contributed by atoms with Gasteiger partial charge in [0.15, 0.2) is 0 Å². The van der Waals surface area contributed by atoms with Gasteiger partial charge in [0.1, 0.15) is 11.6 Å². The zero-order valence-electron chi connectivity index (χ0n) is 12.2. The summed E-state index contributed by atoms with van der Waals surface area (Å²) in [5.41, 5.74) is 0. The van der Waals surface area contributed by atoms with Gasteiger partial charge in [0.05, 0.1) is 12.4 Å². The quantitative estimate of drug-likeness (QED) is 0.821. The highest BCUT2D eigenvalue weighted by Crippen LogP contribution is 2.28. The third-order valence-electron chi connectivity index (χ3n) is 3.97. The minimum Gasteiger partial charge on any atom is -0.369 e. The fraction of sp³-hybridized carbons (Fsp3) is 0.733. The van der Waals surface area contributed by atoms with Crippen molar-refractivity contribution in [3.8, 4) is 0 Å². The molecule has 1 aliphatic rings. The lowest BCUT2D eigenvalue weighted by Gasteiger charge is -2.28. The predicted octanol–water partition coefficient (Wildman–Crippen LogP) is 3.68. The minimum absolute atomic E-state index is 0.568. The molecule has 0 radical (unpaired) electrons. The Morgan fingerprint density at radius 3 is 2.53 bits per heavy atom. The molecule has 4 heteroatoms. The molecule has 0 amide bonds. The molecule has 1 aliphatic carbocycles. The van der Waals surface area contributed by atoms with Crippen LogP contribution >= 0.6 is 0 Å². The molecule has 19 heavy (non-hydrogen) atoms. The van der Waals surface area contributed by atoms with Crippen LogP contribution in [0.1, 0.15) is 52.4 Å². The first-order chi connectivity index (χ1) is 9.31. The van der Waals surface area contributed by atoms with E-state index in [4.69, 9.17) is 0 Å². The molecule has 0 aromatic carbocycles. The molecule has 0 atom stereocenters. The lowest BCUT2D eigenvalue weighted by atomic mass is 9.84. The van der Waals surface area contributed by atoms with Crippen molar-refractivity contribution in [2.75, 3.05) is 17.2 Å². The van der Waals surface area contributed by atoms with Gasteiger partial charge in [0.25, 0.3) is 0 Å². The maximum absolute atomic E-state index is 4.56. The Kier molecular flexibility index (Phi) is 5.43. The van der Waals surface area contributed by atoms with Crippen molar-refractivity contribution < 1.29 is 0 Å². The molecule has 2 rings (SSSR count). The van der Waals surface area contributed by atoms with Crippen LogP contribution in [0.2, 0.25) is 0 Å². The first-order valence-corrected chi connectivity index (χ1v) is 7.64. The summed E-state index contributed by atoms with van der Waals surface area (Å²) >= 11 is 0. The number of hydrogen-bond acceptors (Lipinski definition) is 4. The molecule has 0 spiro atoms. The second-order valence-electron chi connectivity index (χ2n) is 5.49. The average molecular weight is 262 g/mol. The van der Waals surface area contributed by atoms with Gasteiger partial charge in [-0.1, -0.05) is 20.3 Å². The molecule has 0 unspecified atom stereocenters. The van der Waals surface area contributed by atoms with E-state index in [1.54, 1.807) is 6.20 Å². The molecule has 0 saturated heterocycles. The summed E-state index contributed by atoms with van der Waals surface area (Å²) in [6, 6.07) is 0.568. The van der Waals surface area contributed by atoms with Gasteiger partial charge in [-0.2, -0.15) is 0 Å². The van der Waals surface area contributed by atoms with Crippen LogP contribution in [-0.4, -0.2) is 22.6 Å². The summed E-state index contributed by atoms with van der Waals surface area (Å²) in [5.74, 6) is 2.71. The maximum Gasteiger partial charge on any atom is 0.147 e. The van der Waals surface area contributed by atoms with E-state index in [0.717, 1.165) is 30.5 Å². The van der Waals surface area contributed by atoms with Crippen molar-refractivity contribution in [2.24, 2.45) is 5.92 Å². The molecule has 2 N–H and O–H groups in total. The monoisotopic (exact) mass is 262 g/mol. The smallest absolute Gasteiger partial charge is 0.147 e. The summed E-state index contributed by atoms with van der Waals surface area (Å²) in [5, 5.41) is 6.80. The molecule has 0 bridgehead atoms. The maximum atomic E-state index is 4.56. The number of anilines is 2. The van der Waals surface area contributed by atoms with Crippen molar-refractivity contribution in [1.82, 2.24) is 9.97 Å². The third-order valence-corrected chi connectivity index (χ3v) is 3.97. The van der Waals surface area contributed by atoms with Crippen LogP contribution in [0.3, 0.4) is 0 Å². The second kappa shape index (κ2) is 7.31. The Bertz CT molecular complexity index is 372. The highest BCUT2D eigenvalue weighted by molar-refractivity contribution is 5.42. The highest BCUT2D eigenvalue weighted by Gasteiger charge is 2.20. The lowest BCUT2D eigenvalue weighted by molar-refractivity contribution is 0.330. The molecule has 1 aromatic rings. The SMILES string of the molecule is CCCNc1cncc(NC2CCC(CC)CC2)n1. The number of nitrogens with zero attached hydrogens (tertiary/aromatic N) is 2. The van der Waals surface area contributed by atoms with Gasteiger partial charge in [-0.25, -0.2) is 4.98 Å². The lowest BCUT2D eigenvalue weighted by Crippen LogP contribution is -2.26. The van der Waals surface area contributed by atoms with E-state index in [1.807, 2.05) is 6.20 Å². The van der Waals surface area contributed by atoms with Crippen LogP contribution in [0.25, 0.3) is 0 Å². The Morgan fingerprint density at radius 2 is 1.84 bits per heavy atom. The number of nitrogens with one attached hydrogen (secondary N) is 2. The van der Waals surface area contributed by atoms with Crippen LogP contribution < -0.4 is 10.6 Å². The van der Waals surface area contributed by atoms with Gasteiger partial charge in [-0.3, -0.25) is 4.98 Å². The van der Waals surface area contributed by atoms with Crippen LogP contribution in [0.4, 0.5) is 11.6 Å². The Hall–Kier alpha value is -1.32. The molecule has 1 saturated carbocycles. The van der Waals surface area contributed by atoms with E-state index in [1.165, 1.54) is 32.1 Å². The summed E-state index contributed by atoms with van der Waals surface area (Å²) in [6.45, 7) is 5.39. The summed E-state index contributed by atoms with van der Waals surface area (Å²) in [7, 11) is 0. The Morgan fingerprint density at radius 1 is 1.11 bits per heavy atom. The van der Waals surface area contributed by atoms with Gasteiger partial charge < -0.3 is 10.6 Å². The fourth-order valence-corrected chi connectivity index (χ4v) is 2.70. The molecular formula is C15H26N4. The van der Waals surface area contributed by atoms with Crippen LogP contribution in [0, 0.1) is 5.92 Å². The zero-order valence-corrected chi connectivity index (χ0v) is 12.2. The van der Waals surface area contributed by atoms with Gasteiger partial charge in [0, 0.05) is 12.6 Å². The molecule has 1 aromatic heterocycles. The topological polar surface area (TPSA) is 49.8 Å². The summed E-state index contributed by atoms with van der Waals surface area (Å²) in [4.78, 5) is 8.81. The van der Waals surface area contributed by atoms with E-state index >= 15 is 0 Å². The van der Waals surface area contributed by atoms with Gasteiger partial charge in [0.2, 0.25) is 0 Å².